The zero-order valence-corrected chi connectivity index (χ0v) is 11.9. The first-order chi connectivity index (χ1) is 9.81. The van der Waals surface area contributed by atoms with Gasteiger partial charge in [-0.1, -0.05) is 12.1 Å². The van der Waals surface area contributed by atoms with Gasteiger partial charge in [0.25, 0.3) is 0 Å². The lowest BCUT2D eigenvalue weighted by molar-refractivity contribution is 0.602. The van der Waals surface area contributed by atoms with Gasteiger partial charge in [-0.2, -0.15) is 0 Å². The fraction of sp³-hybridized carbons (Fsp3) is 0.333. The summed E-state index contributed by atoms with van der Waals surface area (Å²) in [4.78, 5) is 9.29. The molecule has 0 unspecified atom stereocenters. The van der Waals surface area contributed by atoms with Crippen LogP contribution in [0.25, 0.3) is 0 Å². The first kappa shape index (κ1) is 13.5. The van der Waals surface area contributed by atoms with E-state index in [-0.39, 0.29) is 5.82 Å². The summed E-state index contributed by atoms with van der Waals surface area (Å²) in [5, 5.41) is 3.42. The van der Waals surface area contributed by atoms with E-state index in [4.69, 9.17) is 0 Å². The molecule has 0 aliphatic heterocycles. The second kappa shape index (κ2) is 6.33. The lowest BCUT2D eigenvalue weighted by atomic mass is 10.3. The van der Waals surface area contributed by atoms with Gasteiger partial charge in [0.1, 0.15) is 11.6 Å². The van der Waals surface area contributed by atoms with Gasteiger partial charge in [-0.15, -0.1) is 11.8 Å². The molecule has 1 aliphatic rings. The lowest BCUT2D eigenvalue weighted by Gasteiger charge is -2.04. The Morgan fingerprint density at radius 1 is 1.20 bits per heavy atom. The van der Waals surface area contributed by atoms with E-state index in [1.165, 1.54) is 30.7 Å². The minimum atomic E-state index is -0.192. The average molecular weight is 289 g/mol. The fourth-order valence-electron chi connectivity index (χ4n) is 1.80. The van der Waals surface area contributed by atoms with E-state index >= 15 is 0 Å². The van der Waals surface area contributed by atoms with E-state index in [0.29, 0.717) is 16.7 Å². The van der Waals surface area contributed by atoms with Gasteiger partial charge in [0, 0.05) is 35.4 Å². The smallest absolute Gasteiger partial charge is 0.138 e. The van der Waals surface area contributed by atoms with Gasteiger partial charge in [0.2, 0.25) is 0 Å². The third-order valence-electron chi connectivity index (χ3n) is 3.12. The van der Waals surface area contributed by atoms with Crippen molar-refractivity contribution in [2.75, 3.05) is 0 Å². The highest BCUT2D eigenvalue weighted by molar-refractivity contribution is 7.98. The summed E-state index contributed by atoms with van der Waals surface area (Å²) in [7, 11) is 0. The molecule has 0 spiro atoms. The van der Waals surface area contributed by atoms with E-state index in [0.717, 1.165) is 17.9 Å². The summed E-state index contributed by atoms with van der Waals surface area (Å²) in [5.41, 5.74) is 1.09. The van der Waals surface area contributed by atoms with E-state index in [1.54, 1.807) is 12.1 Å². The molecule has 1 N–H and O–H groups in total. The Morgan fingerprint density at radius 2 is 1.95 bits per heavy atom. The molecule has 1 aromatic carbocycles. The third kappa shape index (κ3) is 3.77. The molecular formula is C15H16FN3S. The Kier molecular flexibility index (Phi) is 4.28. The van der Waals surface area contributed by atoms with Crippen molar-refractivity contribution < 1.29 is 4.39 Å². The topological polar surface area (TPSA) is 37.8 Å². The minimum absolute atomic E-state index is 0.192. The average Bonchev–Trinajstić information content (AvgIpc) is 3.30. The largest absolute Gasteiger partial charge is 0.310 e. The summed E-state index contributed by atoms with van der Waals surface area (Å²) in [6.07, 6.45) is 6.25. The van der Waals surface area contributed by atoms with Crippen LogP contribution in [0.5, 0.6) is 0 Å². The zero-order valence-electron chi connectivity index (χ0n) is 11.1. The van der Waals surface area contributed by atoms with Crippen molar-refractivity contribution >= 4 is 11.8 Å². The van der Waals surface area contributed by atoms with Gasteiger partial charge in [-0.25, -0.2) is 14.4 Å². The number of aromatic nitrogens is 2. The first-order valence-electron chi connectivity index (χ1n) is 6.72. The molecule has 1 fully saturated rings. The molecule has 0 atom stereocenters. The van der Waals surface area contributed by atoms with Crippen LogP contribution in [0.3, 0.4) is 0 Å². The maximum atomic E-state index is 13.5. The Balaban J connectivity index is 1.53. The quantitative estimate of drug-likeness (QED) is 0.829. The third-order valence-corrected chi connectivity index (χ3v) is 4.17. The second-order valence-corrected chi connectivity index (χ2v) is 5.90. The predicted octanol–water partition coefficient (Wildman–Crippen LogP) is 3.16. The molecule has 0 bridgehead atoms. The second-order valence-electron chi connectivity index (χ2n) is 4.88. The maximum absolute atomic E-state index is 13.5. The number of benzene rings is 1. The van der Waals surface area contributed by atoms with E-state index in [2.05, 4.69) is 15.3 Å². The summed E-state index contributed by atoms with van der Waals surface area (Å²) in [6, 6.07) is 7.45. The molecule has 0 radical (unpaired) electrons. The molecule has 1 heterocycles. The summed E-state index contributed by atoms with van der Waals surface area (Å²) in [6.45, 7) is 0.825. The van der Waals surface area contributed by atoms with Crippen molar-refractivity contribution in [3.8, 4) is 0 Å². The molecule has 0 saturated heterocycles. The zero-order chi connectivity index (χ0) is 13.8. The van der Waals surface area contributed by atoms with Crippen molar-refractivity contribution in [2.45, 2.75) is 36.1 Å². The van der Waals surface area contributed by atoms with Crippen LogP contribution in [0.1, 0.15) is 24.2 Å². The van der Waals surface area contributed by atoms with Crippen LogP contribution in [0.4, 0.5) is 4.39 Å². The van der Waals surface area contributed by atoms with Gasteiger partial charge in [0.15, 0.2) is 0 Å². The number of nitrogens with zero attached hydrogens (tertiary/aromatic N) is 2. The predicted molar refractivity (Wildman–Crippen MR) is 77.9 cm³/mol. The molecule has 5 heteroatoms. The minimum Gasteiger partial charge on any atom is -0.310 e. The van der Waals surface area contributed by atoms with E-state index < -0.39 is 0 Å². The highest BCUT2D eigenvalue weighted by Crippen LogP contribution is 2.24. The summed E-state index contributed by atoms with van der Waals surface area (Å²) >= 11 is 1.42. The van der Waals surface area contributed by atoms with Crippen molar-refractivity contribution in [3.05, 3.63) is 53.9 Å². The van der Waals surface area contributed by atoms with Crippen LogP contribution in [-0.4, -0.2) is 16.0 Å². The highest BCUT2D eigenvalue weighted by Gasteiger charge is 2.19. The normalized spacial score (nSPS) is 14.4. The Bertz CT molecular complexity index is 570. The van der Waals surface area contributed by atoms with Crippen molar-refractivity contribution in [3.63, 3.8) is 0 Å². The lowest BCUT2D eigenvalue weighted by Crippen LogP contribution is -2.15. The molecule has 104 valence electrons. The van der Waals surface area contributed by atoms with Gasteiger partial charge in [0.05, 0.1) is 5.75 Å². The number of hydrogen-bond acceptors (Lipinski definition) is 4. The number of hydrogen-bond donors (Lipinski definition) is 1. The summed E-state index contributed by atoms with van der Waals surface area (Å²) < 4.78 is 13.5. The summed E-state index contributed by atoms with van der Waals surface area (Å²) in [5.74, 6) is 1.12. The number of halogens is 1. The van der Waals surface area contributed by atoms with Crippen molar-refractivity contribution in [2.24, 2.45) is 0 Å². The Hall–Kier alpha value is -1.46. The Labute approximate surface area is 122 Å². The molecule has 3 nitrogen and oxygen atoms in total. The van der Waals surface area contributed by atoms with Crippen molar-refractivity contribution in [1.82, 2.24) is 15.3 Å². The highest BCUT2D eigenvalue weighted by atomic mass is 32.2. The van der Waals surface area contributed by atoms with Gasteiger partial charge in [-0.05, 0) is 25.0 Å². The SMILES string of the molecule is Fc1ccccc1SCc1ncc(CNC2CC2)cn1. The molecule has 3 rings (SSSR count). The standard InChI is InChI=1S/C15H16FN3S/c16-13-3-1-2-4-14(13)20-10-15-18-8-11(9-19-15)7-17-12-5-6-12/h1-4,8-9,12,17H,5-7,10H2. The van der Waals surface area contributed by atoms with Crippen LogP contribution < -0.4 is 5.32 Å². The molecule has 1 saturated carbocycles. The van der Waals surface area contributed by atoms with Crippen LogP contribution in [0, 0.1) is 5.82 Å². The van der Waals surface area contributed by atoms with E-state index in [1.807, 2.05) is 18.5 Å². The van der Waals surface area contributed by atoms with Crippen LogP contribution >= 0.6 is 11.8 Å². The molecule has 2 aromatic rings. The number of nitrogens with one attached hydrogen (secondary N) is 1. The van der Waals surface area contributed by atoms with Crippen LogP contribution in [-0.2, 0) is 12.3 Å². The maximum Gasteiger partial charge on any atom is 0.138 e. The fourth-order valence-corrected chi connectivity index (χ4v) is 2.62. The molecule has 0 amide bonds. The van der Waals surface area contributed by atoms with Gasteiger partial charge in [-0.3, -0.25) is 0 Å². The Morgan fingerprint density at radius 3 is 2.65 bits per heavy atom. The molecular weight excluding hydrogens is 273 g/mol. The monoisotopic (exact) mass is 289 g/mol. The van der Waals surface area contributed by atoms with E-state index in [9.17, 15) is 4.39 Å². The number of rotatable bonds is 6. The van der Waals surface area contributed by atoms with Gasteiger partial charge < -0.3 is 5.32 Å². The molecule has 1 aliphatic carbocycles. The van der Waals surface area contributed by atoms with Crippen LogP contribution in [0.15, 0.2) is 41.6 Å². The van der Waals surface area contributed by atoms with Crippen molar-refractivity contribution in [1.29, 1.82) is 0 Å². The molecule has 20 heavy (non-hydrogen) atoms. The van der Waals surface area contributed by atoms with Crippen LogP contribution in [0.2, 0.25) is 0 Å². The van der Waals surface area contributed by atoms with Gasteiger partial charge >= 0.3 is 0 Å². The molecule has 1 aromatic heterocycles. The number of thioether (sulfide) groups is 1. The first-order valence-corrected chi connectivity index (χ1v) is 7.70.